The van der Waals surface area contributed by atoms with Crippen molar-refractivity contribution < 1.29 is 9.09 Å². The third kappa shape index (κ3) is 18.9. The van der Waals surface area contributed by atoms with Crippen LogP contribution in [0.5, 0.6) is 0 Å². The van der Waals surface area contributed by atoms with Gasteiger partial charge in [-0.1, -0.05) is 90.9 Å². The van der Waals surface area contributed by atoms with Gasteiger partial charge in [-0.15, -0.1) is 0 Å². The summed E-state index contributed by atoms with van der Waals surface area (Å²) in [7, 11) is 0. The summed E-state index contributed by atoms with van der Waals surface area (Å²) < 4.78 is 16.5. The summed E-state index contributed by atoms with van der Waals surface area (Å²) in [6.07, 6.45) is 14.5. The molecule has 1 unspecified atom stereocenters. The lowest BCUT2D eigenvalue weighted by Gasteiger charge is -2.17. The van der Waals surface area contributed by atoms with Crippen LogP contribution in [-0.4, -0.2) is 6.61 Å². The van der Waals surface area contributed by atoms with Gasteiger partial charge >= 0.3 is 6.07 Å². The van der Waals surface area contributed by atoms with Gasteiger partial charge in [0.2, 0.25) is 0 Å². The van der Waals surface area contributed by atoms with Gasteiger partial charge in [-0.2, -0.15) is 0 Å². The predicted octanol–water partition coefficient (Wildman–Crippen LogP) is 8.71. The molecule has 5 heteroatoms. The Labute approximate surface area is 154 Å². The molecule has 0 aliphatic rings. The number of unbranched alkanes of at least 4 members (excludes halogenated alkanes) is 10. The first-order valence-corrected chi connectivity index (χ1v) is 13.1. The first-order valence-electron chi connectivity index (χ1n) is 9.63. The SMILES string of the molecule is CCCCCCCCCC(CCCCCCC)COP(=O)(Cl)Cl. The van der Waals surface area contributed by atoms with Crippen LogP contribution >= 0.6 is 28.6 Å². The van der Waals surface area contributed by atoms with Gasteiger partial charge in [0.25, 0.3) is 0 Å². The molecule has 0 saturated carbocycles. The Balaban J connectivity index is 3.85. The molecule has 0 aromatic rings. The maximum atomic E-state index is 11.3. The van der Waals surface area contributed by atoms with Crippen LogP contribution in [0.25, 0.3) is 0 Å². The summed E-state index contributed by atoms with van der Waals surface area (Å²) >= 11 is 11.0. The second-order valence-corrected chi connectivity index (χ2v) is 11.0. The molecule has 140 valence electrons. The number of hydrogen-bond acceptors (Lipinski definition) is 2. The monoisotopic (exact) mass is 386 g/mol. The summed E-state index contributed by atoms with van der Waals surface area (Å²) in [5.41, 5.74) is 0. The minimum absolute atomic E-state index is 0.438. The fourth-order valence-corrected chi connectivity index (χ4v) is 3.65. The van der Waals surface area contributed by atoms with E-state index in [1.807, 2.05) is 0 Å². The van der Waals surface area contributed by atoms with Crippen LogP contribution in [0.15, 0.2) is 0 Å². The van der Waals surface area contributed by atoms with E-state index in [1.165, 1.54) is 77.0 Å². The lowest BCUT2D eigenvalue weighted by molar-refractivity contribution is 0.236. The average Bonchev–Trinajstić information content (AvgIpc) is 2.49. The molecular weight excluding hydrogens is 350 g/mol. The van der Waals surface area contributed by atoms with Crippen LogP contribution < -0.4 is 0 Å². The van der Waals surface area contributed by atoms with Crippen molar-refractivity contribution in [2.45, 2.75) is 104 Å². The van der Waals surface area contributed by atoms with Crippen molar-refractivity contribution in [3.63, 3.8) is 0 Å². The lowest BCUT2D eigenvalue weighted by atomic mass is 9.95. The zero-order chi connectivity index (χ0) is 17.4. The molecule has 0 aromatic heterocycles. The average molecular weight is 387 g/mol. The van der Waals surface area contributed by atoms with E-state index in [1.54, 1.807) is 0 Å². The molecule has 1 atom stereocenters. The third-order valence-electron chi connectivity index (χ3n) is 4.39. The maximum Gasteiger partial charge on any atom is 0.380 e. The fraction of sp³-hybridized carbons (Fsp3) is 1.00. The van der Waals surface area contributed by atoms with Crippen molar-refractivity contribution in [1.82, 2.24) is 0 Å². The minimum atomic E-state index is -3.38. The number of hydrogen-bond donors (Lipinski definition) is 0. The highest BCUT2D eigenvalue weighted by atomic mass is 35.9. The van der Waals surface area contributed by atoms with E-state index >= 15 is 0 Å². The van der Waals surface area contributed by atoms with Crippen molar-refractivity contribution in [2.75, 3.05) is 6.61 Å². The highest BCUT2D eigenvalue weighted by molar-refractivity contribution is 8.05. The first-order chi connectivity index (χ1) is 11.0. The molecule has 0 N–H and O–H groups in total. The van der Waals surface area contributed by atoms with E-state index in [0.29, 0.717) is 12.5 Å². The third-order valence-corrected chi connectivity index (χ3v) is 5.43. The molecule has 0 spiro atoms. The Morgan fingerprint density at radius 3 is 1.52 bits per heavy atom. The van der Waals surface area contributed by atoms with Crippen LogP contribution in [0.4, 0.5) is 0 Å². The van der Waals surface area contributed by atoms with E-state index in [9.17, 15) is 4.57 Å². The van der Waals surface area contributed by atoms with Crippen LogP contribution in [0, 0.1) is 5.92 Å². The second kappa shape index (κ2) is 16.2. The zero-order valence-corrected chi connectivity index (χ0v) is 17.6. The van der Waals surface area contributed by atoms with Crippen molar-refractivity contribution in [2.24, 2.45) is 5.92 Å². The molecule has 0 aromatic carbocycles. The molecule has 0 aliphatic heterocycles. The molecule has 0 heterocycles. The highest BCUT2D eigenvalue weighted by Gasteiger charge is 2.18. The van der Waals surface area contributed by atoms with Gasteiger partial charge in [0.1, 0.15) is 0 Å². The largest absolute Gasteiger partial charge is 0.380 e. The molecule has 0 amide bonds. The van der Waals surface area contributed by atoms with Crippen LogP contribution in [-0.2, 0) is 9.09 Å². The van der Waals surface area contributed by atoms with E-state index < -0.39 is 6.07 Å². The van der Waals surface area contributed by atoms with E-state index in [4.69, 9.17) is 27.0 Å². The van der Waals surface area contributed by atoms with E-state index in [0.717, 1.165) is 12.8 Å². The van der Waals surface area contributed by atoms with E-state index in [2.05, 4.69) is 13.8 Å². The standard InChI is InChI=1S/C18H37Cl2O2P/c1-3-5-7-9-10-12-14-16-18(17-22-23(19,20)21)15-13-11-8-6-4-2/h18H,3-17H2,1-2H3. The Kier molecular flexibility index (Phi) is 16.8. The van der Waals surface area contributed by atoms with Gasteiger partial charge in [0.15, 0.2) is 0 Å². The van der Waals surface area contributed by atoms with Gasteiger partial charge in [0.05, 0.1) is 6.61 Å². The van der Waals surface area contributed by atoms with Gasteiger partial charge in [-0.3, -0.25) is 4.57 Å². The molecule has 0 saturated heterocycles. The number of halogens is 2. The molecule has 2 nitrogen and oxygen atoms in total. The Hall–Kier alpha value is 0.770. The first kappa shape index (κ1) is 23.8. The van der Waals surface area contributed by atoms with Crippen molar-refractivity contribution in [1.29, 1.82) is 0 Å². The second-order valence-electron chi connectivity index (χ2n) is 6.69. The predicted molar refractivity (Wildman–Crippen MR) is 105 cm³/mol. The van der Waals surface area contributed by atoms with Crippen LogP contribution in [0.2, 0.25) is 0 Å². The molecule has 0 radical (unpaired) electrons. The summed E-state index contributed by atoms with van der Waals surface area (Å²) in [6, 6.07) is 0. The zero-order valence-electron chi connectivity index (χ0n) is 15.2. The van der Waals surface area contributed by atoms with Crippen molar-refractivity contribution in [3.8, 4) is 0 Å². The quantitative estimate of drug-likeness (QED) is 0.184. The molecule has 0 rings (SSSR count). The Bertz CT molecular complexity index is 295. The summed E-state index contributed by atoms with van der Waals surface area (Å²) in [6.45, 7) is 4.92. The van der Waals surface area contributed by atoms with Crippen molar-refractivity contribution >= 4 is 28.6 Å². The van der Waals surface area contributed by atoms with Gasteiger partial charge in [-0.05, 0) is 41.2 Å². The normalized spacial score (nSPS) is 13.4. The topological polar surface area (TPSA) is 26.3 Å². The molecule has 23 heavy (non-hydrogen) atoms. The molecular formula is C18H37Cl2O2P. The van der Waals surface area contributed by atoms with Gasteiger partial charge < -0.3 is 4.52 Å². The Morgan fingerprint density at radius 2 is 1.13 bits per heavy atom. The van der Waals surface area contributed by atoms with Crippen LogP contribution in [0.1, 0.15) is 104 Å². The maximum absolute atomic E-state index is 11.3. The number of rotatable bonds is 17. The minimum Gasteiger partial charge on any atom is -0.306 e. The van der Waals surface area contributed by atoms with Crippen molar-refractivity contribution in [3.05, 3.63) is 0 Å². The fourth-order valence-electron chi connectivity index (χ4n) is 2.93. The lowest BCUT2D eigenvalue weighted by Crippen LogP contribution is -2.08. The molecule has 0 aliphatic carbocycles. The highest BCUT2D eigenvalue weighted by Crippen LogP contribution is 2.57. The summed E-state index contributed by atoms with van der Waals surface area (Å²) in [5.74, 6) is 0.443. The smallest absolute Gasteiger partial charge is 0.306 e. The summed E-state index contributed by atoms with van der Waals surface area (Å²) in [5, 5.41) is 0. The molecule has 0 fully saturated rings. The van der Waals surface area contributed by atoms with Crippen LogP contribution in [0.3, 0.4) is 0 Å². The van der Waals surface area contributed by atoms with Gasteiger partial charge in [-0.25, -0.2) is 0 Å². The molecule has 0 bridgehead atoms. The van der Waals surface area contributed by atoms with E-state index in [-0.39, 0.29) is 0 Å². The summed E-state index contributed by atoms with van der Waals surface area (Å²) in [4.78, 5) is 0. The van der Waals surface area contributed by atoms with Gasteiger partial charge in [0, 0.05) is 0 Å². The Morgan fingerprint density at radius 1 is 0.739 bits per heavy atom.